The van der Waals surface area contributed by atoms with E-state index < -0.39 is 6.10 Å². The summed E-state index contributed by atoms with van der Waals surface area (Å²) < 4.78 is 0. The lowest BCUT2D eigenvalue weighted by Crippen LogP contribution is -2.30. The zero-order valence-corrected chi connectivity index (χ0v) is 9.71. The predicted octanol–water partition coefficient (Wildman–Crippen LogP) is 0.999. The summed E-state index contributed by atoms with van der Waals surface area (Å²) in [5, 5.41) is 10.1. The summed E-state index contributed by atoms with van der Waals surface area (Å²) in [7, 11) is 0. The van der Waals surface area contributed by atoms with Crippen LogP contribution in [0.4, 0.5) is 0 Å². The van der Waals surface area contributed by atoms with Gasteiger partial charge in [-0.25, -0.2) is 0 Å². The topological polar surface area (TPSA) is 49.5 Å². The van der Waals surface area contributed by atoms with E-state index in [1.165, 1.54) is 0 Å². The van der Waals surface area contributed by atoms with Gasteiger partial charge in [-0.3, -0.25) is 4.90 Å². The third kappa shape index (κ3) is 2.61. The zero-order chi connectivity index (χ0) is 11.5. The van der Waals surface area contributed by atoms with Crippen LogP contribution in [0.1, 0.15) is 18.6 Å². The van der Waals surface area contributed by atoms with Crippen LogP contribution >= 0.6 is 0 Å². The van der Waals surface area contributed by atoms with Crippen molar-refractivity contribution in [2.24, 2.45) is 11.7 Å². The number of rotatable bonds is 3. The van der Waals surface area contributed by atoms with Gasteiger partial charge < -0.3 is 10.8 Å². The molecular weight excluding hydrogens is 200 g/mol. The highest BCUT2D eigenvalue weighted by Crippen LogP contribution is 2.19. The number of β-amino-alcohol motifs (C(OH)–C–C–N with tert-alkyl or cyclic N) is 1. The lowest BCUT2D eigenvalue weighted by molar-refractivity contribution is 0.124. The molecular formula is C13H20N2O. The van der Waals surface area contributed by atoms with Crippen LogP contribution in [0, 0.1) is 5.92 Å². The number of aliphatic hydroxyl groups excluding tert-OH is 1. The minimum absolute atomic E-state index is 0.253. The van der Waals surface area contributed by atoms with Crippen molar-refractivity contribution in [3.8, 4) is 0 Å². The molecule has 16 heavy (non-hydrogen) atoms. The Labute approximate surface area is 96.9 Å². The molecule has 0 radical (unpaired) electrons. The number of hydrogen-bond donors (Lipinski definition) is 2. The summed E-state index contributed by atoms with van der Waals surface area (Å²) in [5.41, 5.74) is 6.94. The maximum atomic E-state index is 10.1. The van der Waals surface area contributed by atoms with Crippen molar-refractivity contribution in [3.63, 3.8) is 0 Å². The van der Waals surface area contributed by atoms with E-state index in [2.05, 4.69) is 11.8 Å². The van der Waals surface area contributed by atoms with E-state index in [0.717, 1.165) is 18.7 Å². The predicted molar refractivity (Wildman–Crippen MR) is 65.0 cm³/mol. The van der Waals surface area contributed by atoms with E-state index in [9.17, 15) is 5.11 Å². The first kappa shape index (κ1) is 11.6. The van der Waals surface area contributed by atoms with Gasteiger partial charge >= 0.3 is 0 Å². The Bertz CT molecular complexity index is 318. The Morgan fingerprint density at radius 2 is 2.06 bits per heavy atom. The van der Waals surface area contributed by atoms with Crippen LogP contribution in [-0.4, -0.2) is 35.7 Å². The highest BCUT2D eigenvalue weighted by atomic mass is 16.3. The van der Waals surface area contributed by atoms with Gasteiger partial charge in [-0.1, -0.05) is 37.3 Å². The number of benzene rings is 1. The molecule has 2 rings (SSSR count). The smallest absolute Gasteiger partial charge is 0.0916 e. The van der Waals surface area contributed by atoms with E-state index >= 15 is 0 Å². The van der Waals surface area contributed by atoms with Crippen molar-refractivity contribution in [2.45, 2.75) is 19.1 Å². The van der Waals surface area contributed by atoms with Gasteiger partial charge in [-0.15, -0.1) is 0 Å². The second-order valence-electron chi connectivity index (χ2n) is 4.79. The molecule has 0 bridgehead atoms. The molecule has 1 aliphatic rings. The van der Waals surface area contributed by atoms with Gasteiger partial charge in [0.25, 0.3) is 0 Å². The Morgan fingerprint density at radius 3 is 2.62 bits per heavy atom. The summed E-state index contributed by atoms with van der Waals surface area (Å²) in [6, 6.07) is 10.1. The van der Waals surface area contributed by atoms with E-state index in [-0.39, 0.29) is 6.04 Å². The molecule has 0 amide bonds. The molecule has 0 aliphatic carbocycles. The van der Waals surface area contributed by atoms with Gasteiger partial charge in [0, 0.05) is 25.7 Å². The normalized spacial score (nSPS) is 28.2. The molecule has 1 heterocycles. The Balaban J connectivity index is 1.91. The first-order chi connectivity index (χ1) is 7.66. The largest absolute Gasteiger partial charge is 0.387 e. The van der Waals surface area contributed by atoms with Crippen LogP contribution < -0.4 is 5.73 Å². The zero-order valence-electron chi connectivity index (χ0n) is 9.71. The van der Waals surface area contributed by atoms with Gasteiger partial charge in [0.1, 0.15) is 0 Å². The SMILES string of the molecule is CC1CN(CC(O)c2ccccc2)CC1N. The molecule has 3 N–H and O–H groups in total. The number of nitrogens with two attached hydrogens (primary N) is 1. The van der Waals surface area contributed by atoms with Crippen molar-refractivity contribution in [2.75, 3.05) is 19.6 Å². The standard InChI is InChI=1S/C13H20N2O/c1-10-7-15(8-12(10)14)9-13(16)11-5-3-2-4-6-11/h2-6,10,12-13,16H,7-9,14H2,1H3. The Hall–Kier alpha value is -0.900. The second-order valence-corrected chi connectivity index (χ2v) is 4.79. The molecule has 3 heteroatoms. The van der Waals surface area contributed by atoms with E-state index in [1.54, 1.807) is 0 Å². The quantitative estimate of drug-likeness (QED) is 0.799. The monoisotopic (exact) mass is 220 g/mol. The average molecular weight is 220 g/mol. The molecule has 1 aromatic carbocycles. The molecule has 0 aromatic heterocycles. The van der Waals surface area contributed by atoms with Gasteiger partial charge in [0.15, 0.2) is 0 Å². The summed E-state index contributed by atoms with van der Waals surface area (Å²) in [6.45, 7) is 4.73. The van der Waals surface area contributed by atoms with Crippen LogP contribution in [0.3, 0.4) is 0 Å². The van der Waals surface area contributed by atoms with Crippen molar-refractivity contribution in [1.29, 1.82) is 0 Å². The molecule has 0 saturated carbocycles. The third-order valence-electron chi connectivity index (χ3n) is 3.36. The van der Waals surface area contributed by atoms with E-state index in [1.807, 2.05) is 30.3 Å². The highest BCUT2D eigenvalue weighted by molar-refractivity contribution is 5.17. The van der Waals surface area contributed by atoms with Crippen molar-refractivity contribution < 1.29 is 5.11 Å². The van der Waals surface area contributed by atoms with Crippen LogP contribution in [0.25, 0.3) is 0 Å². The number of nitrogens with zero attached hydrogens (tertiary/aromatic N) is 1. The van der Waals surface area contributed by atoms with Crippen molar-refractivity contribution in [1.82, 2.24) is 4.90 Å². The summed E-state index contributed by atoms with van der Waals surface area (Å²) in [5.74, 6) is 0.531. The minimum atomic E-state index is -0.404. The second kappa shape index (κ2) is 4.95. The molecule has 3 atom stereocenters. The maximum absolute atomic E-state index is 10.1. The molecule has 1 aromatic rings. The van der Waals surface area contributed by atoms with Crippen molar-refractivity contribution in [3.05, 3.63) is 35.9 Å². The van der Waals surface area contributed by atoms with Crippen LogP contribution in [-0.2, 0) is 0 Å². The summed E-state index contributed by atoms with van der Waals surface area (Å²) >= 11 is 0. The molecule has 88 valence electrons. The molecule has 1 aliphatic heterocycles. The lowest BCUT2D eigenvalue weighted by Gasteiger charge is -2.19. The molecule has 1 fully saturated rings. The molecule has 1 saturated heterocycles. The van der Waals surface area contributed by atoms with E-state index in [4.69, 9.17) is 5.73 Å². The first-order valence-electron chi connectivity index (χ1n) is 5.88. The van der Waals surface area contributed by atoms with Crippen molar-refractivity contribution >= 4 is 0 Å². The number of likely N-dealkylation sites (tertiary alicyclic amines) is 1. The Kier molecular flexibility index (Phi) is 3.59. The van der Waals surface area contributed by atoms with Gasteiger partial charge in [-0.05, 0) is 11.5 Å². The molecule has 3 unspecified atom stereocenters. The third-order valence-corrected chi connectivity index (χ3v) is 3.36. The van der Waals surface area contributed by atoms with E-state index in [0.29, 0.717) is 12.5 Å². The fourth-order valence-corrected chi connectivity index (χ4v) is 2.27. The van der Waals surface area contributed by atoms with Gasteiger partial charge in [0.2, 0.25) is 0 Å². The lowest BCUT2D eigenvalue weighted by atomic mass is 10.1. The van der Waals surface area contributed by atoms with Crippen LogP contribution in [0.2, 0.25) is 0 Å². The fourth-order valence-electron chi connectivity index (χ4n) is 2.27. The summed E-state index contributed by atoms with van der Waals surface area (Å²) in [6.07, 6.45) is -0.404. The van der Waals surface area contributed by atoms with Crippen LogP contribution in [0.15, 0.2) is 30.3 Å². The minimum Gasteiger partial charge on any atom is -0.387 e. The number of hydrogen-bond acceptors (Lipinski definition) is 3. The molecule has 3 nitrogen and oxygen atoms in total. The van der Waals surface area contributed by atoms with Crippen LogP contribution in [0.5, 0.6) is 0 Å². The highest BCUT2D eigenvalue weighted by Gasteiger charge is 2.27. The first-order valence-corrected chi connectivity index (χ1v) is 5.88. The Morgan fingerprint density at radius 1 is 1.38 bits per heavy atom. The summed E-state index contributed by atoms with van der Waals surface area (Å²) in [4.78, 5) is 2.24. The maximum Gasteiger partial charge on any atom is 0.0916 e. The van der Waals surface area contributed by atoms with Gasteiger partial charge in [0.05, 0.1) is 6.10 Å². The fraction of sp³-hybridized carbons (Fsp3) is 0.538. The van der Waals surface area contributed by atoms with Gasteiger partial charge in [-0.2, -0.15) is 0 Å². The number of aliphatic hydroxyl groups is 1. The molecule has 0 spiro atoms. The average Bonchev–Trinajstić information content (AvgIpc) is 2.59.